The number of fused-ring (bicyclic) bond motifs is 1. The van der Waals surface area contributed by atoms with Crippen molar-refractivity contribution in [3.8, 4) is 11.3 Å². The fraction of sp³-hybridized carbons (Fsp3) is 0.481. The molecule has 2 aromatic heterocycles. The van der Waals surface area contributed by atoms with E-state index in [0.29, 0.717) is 31.1 Å². The molecule has 2 aliphatic carbocycles. The van der Waals surface area contributed by atoms with Crippen molar-refractivity contribution in [1.29, 1.82) is 0 Å². The van der Waals surface area contributed by atoms with Crippen LogP contribution >= 0.6 is 0 Å². The lowest BCUT2D eigenvalue weighted by atomic mass is 9.80. The van der Waals surface area contributed by atoms with E-state index in [9.17, 15) is 27.2 Å². The molecule has 14 heteroatoms. The Morgan fingerprint density at radius 3 is 2.59 bits per heavy atom. The molecular formula is C27H29F4N7O3. The number of benzene rings is 1. The standard InChI is InChI=1S/C27H29F4N7O3/c1-25(2,3)41-24(40)36-11-17-20-18(7-26(17,20)12-36)38-22(32)19(23(33)39)21(35-38)14-8-34-37(10-14)9-13-6-15(28)4-5-16(13)27(29,30)31/h4-6,8,10,17-18,20H,7,9,11-12,32H2,1-3H3,(H2,33,39)/t17?,18-,20-,26+/m1/s1. The molecule has 1 aliphatic heterocycles. The first-order valence-electron chi connectivity index (χ1n) is 13.1. The molecule has 3 fully saturated rings. The molecular weight excluding hydrogens is 546 g/mol. The summed E-state index contributed by atoms with van der Waals surface area (Å²) in [6.07, 6.45) is -1.54. The Morgan fingerprint density at radius 1 is 1.22 bits per heavy atom. The topological polar surface area (TPSA) is 134 Å². The van der Waals surface area contributed by atoms with Gasteiger partial charge in [-0.15, -0.1) is 0 Å². The van der Waals surface area contributed by atoms with Crippen molar-refractivity contribution in [3.63, 3.8) is 0 Å². The van der Waals surface area contributed by atoms with E-state index in [0.717, 1.165) is 12.1 Å². The Morgan fingerprint density at radius 2 is 1.95 bits per heavy atom. The molecule has 10 nitrogen and oxygen atoms in total. The Labute approximate surface area is 232 Å². The summed E-state index contributed by atoms with van der Waals surface area (Å²) in [6, 6.07) is 2.16. The van der Waals surface area contributed by atoms with Crippen molar-refractivity contribution in [2.24, 2.45) is 23.0 Å². The third-order valence-electron chi connectivity index (χ3n) is 8.40. The summed E-state index contributed by atoms with van der Waals surface area (Å²) < 4.78 is 62.4. The van der Waals surface area contributed by atoms with Gasteiger partial charge in [-0.05, 0) is 62.8 Å². The normalized spacial score (nSPS) is 25.0. The molecule has 1 spiro atoms. The number of piperidine rings is 1. The van der Waals surface area contributed by atoms with Crippen LogP contribution in [0.3, 0.4) is 0 Å². The number of rotatable bonds is 5. The molecule has 2 amide bonds. The zero-order valence-corrected chi connectivity index (χ0v) is 22.6. The van der Waals surface area contributed by atoms with Gasteiger partial charge in [0.05, 0.1) is 24.3 Å². The van der Waals surface area contributed by atoms with Gasteiger partial charge in [-0.2, -0.15) is 23.4 Å². The summed E-state index contributed by atoms with van der Waals surface area (Å²) in [5.74, 6) is -1.02. The molecule has 1 aromatic carbocycles. The summed E-state index contributed by atoms with van der Waals surface area (Å²) >= 11 is 0. The Bertz CT molecular complexity index is 1570. The number of nitrogen functional groups attached to an aromatic ring is 1. The third kappa shape index (κ3) is 4.39. The summed E-state index contributed by atoms with van der Waals surface area (Å²) in [6.45, 7) is 6.25. The zero-order chi connectivity index (χ0) is 29.6. The maximum atomic E-state index is 13.8. The monoisotopic (exact) mass is 575 g/mol. The number of hydrogen-bond acceptors (Lipinski definition) is 6. The van der Waals surface area contributed by atoms with Gasteiger partial charge < -0.3 is 21.1 Å². The lowest BCUT2D eigenvalue weighted by Gasteiger charge is -2.37. The lowest BCUT2D eigenvalue weighted by molar-refractivity contribution is -0.138. The number of alkyl halides is 3. The van der Waals surface area contributed by atoms with Gasteiger partial charge in [0, 0.05) is 30.3 Å². The van der Waals surface area contributed by atoms with Gasteiger partial charge >= 0.3 is 12.3 Å². The highest BCUT2D eigenvalue weighted by atomic mass is 19.4. The molecule has 1 saturated heterocycles. The lowest BCUT2D eigenvalue weighted by Crippen LogP contribution is -2.42. The van der Waals surface area contributed by atoms with Gasteiger partial charge in [-0.25, -0.2) is 13.9 Å². The molecule has 1 unspecified atom stereocenters. The fourth-order valence-electron chi connectivity index (χ4n) is 6.71. The highest BCUT2D eigenvalue weighted by Gasteiger charge is 2.79. The quantitative estimate of drug-likeness (QED) is 0.441. The molecule has 0 bridgehead atoms. The van der Waals surface area contributed by atoms with E-state index in [4.69, 9.17) is 16.2 Å². The number of likely N-dealkylation sites (tertiary alicyclic amines) is 1. The minimum atomic E-state index is -4.67. The van der Waals surface area contributed by atoms with Crippen LogP contribution in [0.25, 0.3) is 11.3 Å². The average Bonchev–Trinajstić information content (AvgIpc) is 3.32. The summed E-state index contributed by atoms with van der Waals surface area (Å²) in [5.41, 5.74) is 10.6. The van der Waals surface area contributed by atoms with E-state index in [1.807, 2.05) is 20.8 Å². The number of nitrogens with two attached hydrogens (primary N) is 2. The Kier molecular flexibility index (Phi) is 5.75. The minimum Gasteiger partial charge on any atom is -0.444 e. The van der Waals surface area contributed by atoms with Crippen molar-refractivity contribution < 1.29 is 31.9 Å². The number of nitrogens with zero attached hydrogens (tertiary/aromatic N) is 5. The summed E-state index contributed by atoms with van der Waals surface area (Å²) in [7, 11) is 0. The van der Waals surface area contributed by atoms with Crippen LogP contribution in [0.2, 0.25) is 0 Å². The van der Waals surface area contributed by atoms with Crippen molar-refractivity contribution in [3.05, 3.63) is 53.1 Å². The summed E-state index contributed by atoms with van der Waals surface area (Å²) in [4.78, 5) is 26.7. The average molecular weight is 576 g/mol. The predicted molar refractivity (Wildman–Crippen MR) is 138 cm³/mol. The molecule has 4 N–H and O–H groups in total. The zero-order valence-electron chi connectivity index (χ0n) is 22.6. The third-order valence-corrected chi connectivity index (χ3v) is 8.40. The van der Waals surface area contributed by atoms with Crippen LogP contribution in [-0.2, 0) is 17.5 Å². The number of carbonyl (C=O) groups is 2. The molecule has 2 saturated carbocycles. The second-order valence-corrected chi connectivity index (χ2v) is 12.1. The smallest absolute Gasteiger partial charge is 0.416 e. The van der Waals surface area contributed by atoms with Gasteiger partial charge in [-0.1, -0.05) is 0 Å². The van der Waals surface area contributed by atoms with E-state index in [1.54, 1.807) is 9.58 Å². The molecule has 218 valence electrons. The van der Waals surface area contributed by atoms with Crippen LogP contribution in [0.5, 0.6) is 0 Å². The SMILES string of the molecule is CC(C)(C)OC(=O)N1CC2[C@@H]3[C@H](n4nc(-c5cnn(Cc6cc(F)ccc6C(F)(F)F)c5)c(C(N)=O)c4N)C[C@]23C1. The largest absolute Gasteiger partial charge is 0.444 e. The summed E-state index contributed by atoms with van der Waals surface area (Å²) in [5, 5.41) is 8.72. The Hall–Kier alpha value is -4.10. The van der Waals surface area contributed by atoms with Crippen LogP contribution < -0.4 is 11.5 Å². The van der Waals surface area contributed by atoms with Crippen LogP contribution in [0.1, 0.15) is 54.7 Å². The first kappa shape index (κ1) is 27.1. The number of hydrogen-bond donors (Lipinski definition) is 2. The van der Waals surface area contributed by atoms with Crippen molar-refractivity contribution in [2.45, 2.75) is 51.6 Å². The predicted octanol–water partition coefficient (Wildman–Crippen LogP) is 4.06. The molecule has 6 rings (SSSR count). The molecule has 3 aliphatic rings. The van der Waals surface area contributed by atoms with E-state index in [1.165, 1.54) is 17.1 Å². The first-order valence-corrected chi connectivity index (χ1v) is 13.1. The van der Waals surface area contributed by atoms with Crippen molar-refractivity contribution in [2.75, 3.05) is 18.8 Å². The maximum absolute atomic E-state index is 13.8. The highest BCUT2D eigenvalue weighted by molar-refractivity contribution is 6.03. The van der Waals surface area contributed by atoms with Crippen LogP contribution in [0.15, 0.2) is 30.6 Å². The van der Waals surface area contributed by atoms with Gasteiger partial charge in [0.15, 0.2) is 0 Å². The number of ether oxygens (including phenoxy) is 1. The van der Waals surface area contributed by atoms with Gasteiger partial charge in [0.2, 0.25) is 0 Å². The number of halogens is 4. The second-order valence-electron chi connectivity index (χ2n) is 12.1. The van der Waals surface area contributed by atoms with Gasteiger partial charge in [0.25, 0.3) is 5.91 Å². The van der Waals surface area contributed by atoms with Crippen molar-refractivity contribution in [1.82, 2.24) is 24.5 Å². The number of primary amides is 1. The van der Waals surface area contributed by atoms with E-state index >= 15 is 0 Å². The van der Waals surface area contributed by atoms with Crippen molar-refractivity contribution >= 4 is 17.8 Å². The molecule has 3 aromatic rings. The van der Waals surface area contributed by atoms with E-state index in [2.05, 4.69) is 10.2 Å². The van der Waals surface area contributed by atoms with Gasteiger partial charge in [0.1, 0.15) is 28.5 Å². The number of amides is 2. The maximum Gasteiger partial charge on any atom is 0.416 e. The number of carbonyl (C=O) groups excluding carboxylic acids is 2. The van der Waals surface area contributed by atoms with Crippen LogP contribution in [0, 0.1) is 23.1 Å². The van der Waals surface area contributed by atoms with Crippen LogP contribution in [-0.4, -0.2) is 55.2 Å². The number of anilines is 1. The van der Waals surface area contributed by atoms with E-state index in [-0.39, 0.29) is 58.6 Å². The van der Waals surface area contributed by atoms with Gasteiger partial charge in [-0.3, -0.25) is 9.48 Å². The first-order chi connectivity index (χ1) is 19.1. The van der Waals surface area contributed by atoms with Crippen LogP contribution in [0.4, 0.5) is 28.2 Å². The molecule has 3 heterocycles. The minimum absolute atomic E-state index is 0.00609. The fourth-order valence-corrected chi connectivity index (χ4v) is 6.71. The number of aromatic nitrogens is 4. The highest BCUT2D eigenvalue weighted by Crippen LogP contribution is 2.79. The van der Waals surface area contributed by atoms with E-state index < -0.39 is 29.1 Å². The second kappa shape index (κ2) is 8.70. The molecule has 0 radical (unpaired) electrons. The molecule has 41 heavy (non-hydrogen) atoms. The molecule has 4 atom stereocenters. The Balaban J connectivity index is 1.22.